The number of carbonyl (C=O) groups excluding carboxylic acids is 1. The zero-order chi connectivity index (χ0) is 19.5. The van der Waals surface area contributed by atoms with Gasteiger partial charge in [0.1, 0.15) is 5.84 Å². The molecule has 1 unspecified atom stereocenters. The van der Waals surface area contributed by atoms with E-state index in [1.54, 1.807) is 30.3 Å². The molecule has 0 radical (unpaired) electrons. The molecular weight excluding hydrogens is 353 g/mol. The summed E-state index contributed by atoms with van der Waals surface area (Å²) in [5.41, 5.74) is 5.88. The van der Waals surface area contributed by atoms with E-state index in [0.29, 0.717) is 16.3 Å². The third kappa shape index (κ3) is 4.16. The maximum absolute atomic E-state index is 12.4. The normalized spacial score (nSPS) is 12.5. The van der Waals surface area contributed by atoms with E-state index in [2.05, 4.69) is 4.74 Å². The van der Waals surface area contributed by atoms with Gasteiger partial charge >= 0.3 is 12.1 Å². The van der Waals surface area contributed by atoms with Gasteiger partial charge in [0.15, 0.2) is 11.5 Å². The molecule has 0 aromatic heterocycles. The van der Waals surface area contributed by atoms with Crippen molar-refractivity contribution in [2.75, 3.05) is 7.11 Å². The van der Waals surface area contributed by atoms with E-state index in [9.17, 15) is 18.0 Å². The summed E-state index contributed by atoms with van der Waals surface area (Å²) in [6, 6.07) is 8.15. The first-order valence-electron chi connectivity index (χ1n) is 7.57. The zero-order valence-electron chi connectivity index (χ0n) is 14.0. The molecule has 0 spiro atoms. The summed E-state index contributed by atoms with van der Waals surface area (Å²) in [6.07, 6.45) is -6.61. The maximum Gasteiger partial charge on any atom is 0.491 e. The Morgan fingerprint density at radius 3 is 2.46 bits per heavy atom. The fraction of sp³-hybridized carbons (Fsp3) is 0.294. The molecule has 26 heavy (non-hydrogen) atoms. The fourth-order valence-corrected chi connectivity index (χ4v) is 2.23. The van der Waals surface area contributed by atoms with Crippen LogP contribution in [0, 0.1) is 5.41 Å². The molecule has 0 aliphatic heterocycles. The van der Waals surface area contributed by atoms with Crippen molar-refractivity contribution in [1.82, 2.24) is 0 Å². The minimum Gasteiger partial charge on any atom is -0.493 e. The molecule has 0 fully saturated rings. The standard InChI is InChI=1S/C17H17F3N2O4/c1-3-13(26-16(23)17(18,19)20)25-14-11-8-10(15(21)22)5-4-9(11)6-7-12(14)24-2/h4-8,13H,3H2,1-2H3,(H3,21,22). The highest BCUT2D eigenvalue weighted by atomic mass is 19.4. The average Bonchev–Trinajstić information content (AvgIpc) is 2.59. The second kappa shape index (κ2) is 7.51. The van der Waals surface area contributed by atoms with Crippen LogP contribution in [-0.4, -0.2) is 31.4 Å². The number of rotatable bonds is 6. The average molecular weight is 370 g/mol. The molecule has 6 nitrogen and oxygen atoms in total. The van der Waals surface area contributed by atoms with Crippen LogP contribution in [-0.2, 0) is 9.53 Å². The lowest BCUT2D eigenvalue weighted by atomic mass is 10.0. The number of nitrogens with two attached hydrogens (primary N) is 1. The monoisotopic (exact) mass is 370 g/mol. The van der Waals surface area contributed by atoms with Gasteiger partial charge in [0, 0.05) is 17.4 Å². The van der Waals surface area contributed by atoms with Gasteiger partial charge in [0.05, 0.1) is 7.11 Å². The van der Waals surface area contributed by atoms with Crippen LogP contribution in [0.25, 0.3) is 10.8 Å². The lowest BCUT2D eigenvalue weighted by Crippen LogP contribution is -2.32. The van der Waals surface area contributed by atoms with E-state index in [4.69, 9.17) is 20.6 Å². The molecule has 0 bridgehead atoms. The summed E-state index contributed by atoms with van der Waals surface area (Å²) >= 11 is 0. The van der Waals surface area contributed by atoms with Crippen LogP contribution in [0.5, 0.6) is 11.5 Å². The van der Waals surface area contributed by atoms with Crippen molar-refractivity contribution >= 4 is 22.6 Å². The molecule has 2 aromatic rings. The first-order chi connectivity index (χ1) is 12.2. The van der Waals surface area contributed by atoms with Crippen molar-refractivity contribution in [2.24, 2.45) is 5.73 Å². The largest absolute Gasteiger partial charge is 0.493 e. The van der Waals surface area contributed by atoms with Crippen molar-refractivity contribution in [3.8, 4) is 11.5 Å². The lowest BCUT2D eigenvalue weighted by molar-refractivity contribution is -0.216. The smallest absolute Gasteiger partial charge is 0.491 e. The van der Waals surface area contributed by atoms with E-state index >= 15 is 0 Å². The van der Waals surface area contributed by atoms with Crippen molar-refractivity contribution in [1.29, 1.82) is 5.41 Å². The number of nitrogens with one attached hydrogen (secondary N) is 1. The lowest BCUT2D eigenvalue weighted by Gasteiger charge is -2.21. The summed E-state index contributed by atoms with van der Waals surface area (Å²) in [7, 11) is 1.37. The molecular formula is C17H17F3N2O4. The Morgan fingerprint density at radius 2 is 1.92 bits per heavy atom. The van der Waals surface area contributed by atoms with Gasteiger partial charge in [0.2, 0.25) is 6.29 Å². The first kappa shape index (κ1) is 19.4. The van der Waals surface area contributed by atoms with Gasteiger partial charge in [-0.1, -0.05) is 25.1 Å². The van der Waals surface area contributed by atoms with Crippen molar-refractivity contribution in [2.45, 2.75) is 25.8 Å². The molecule has 3 N–H and O–H groups in total. The van der Waals surface area contributed by atoms with E-state index in [0.717, 1.165) is 0 Å². The highest BCUT2D eigenvalue weighted by molar-refractivity contribution is 6.01. The predicted molar refractivity (Wildman–Crippen MR) is 88.4 cm³/mol. The number of ether oxygens (including phenoxy) is 3. The Balaban J connectivity index is 2.46. The second-order valence-electron chi connectivity index (χ2n) is 5.31. The summed E-state index contributed by atoms with van der Waals surface area (Å²) in [4.78, 5) is 11.1. The Morgan fingerprint density at radius 1 is 1.27 bits per heavy atom. The third-order valence-electron chi connectivity index (χ3n) is 3.52. The SMILES string of the molecule is CCC(OC(=O)C(F)(F)F)Oc1c(OC)ccc2ccc(C(=N)N)cc12. The quantitative estimate of drug-likeness (QED) is 0.352. The number of halogens is 3. The Bertz CT molecular complexity index is 837. The summed E-state index contributed by atoms with van der Waals surface area (Å²) < 4.78 is 52.4. The summed E-state index contributed by atoms with van der Waals surface area (Å²) in [5.74, 6) is -2.20. The summed E-state index contributed by atoms with van der Waals surface area (Å²) in [5, 5.41) is 8.67. The third-order valence-corrected chi connectivity index (χ3v) is 3.52. The van der Waals surface area contributed by atoms with Gasteiger partial charge in [0.25, 0.3) is 0 Å². The van der Waals surface area contributed by atoms with Crippen LogP contribution < -0.4 is 15.2 Å². The highest BCUT2D eigenvalue weighted by Crippen LogP contribution is 2.37. The van der Waals surface area contributed by atoms with E-state index < -0.39 is 18.4 Å². The van der Waals surface area contributed by atoms with E-state index in [1.165, 1.54) is 14.0 Å². The maximum atomic E-state index is 12.4. The zero-order valence-corrected chi connectivity index (χ0v) is 14.0. The molecule has 9 heteroatoms. The number of amidine groups is 1. The second-order valence-corrected chi connectivity index (χ2v) is 5.31. The van der Waals surface area contributed by atoms with Gasteiger partial charge in [-0.05, 0) is 17.5 Å². The summed E-state index contributed by atoms with van der Waals surface area (Å²) in [6.45, 7) is 1.51. The molecule has 0 heterocycles. The molecule has 0 aliphatic rings. The number of hydrogen-bond donors (Lipinski definition) is 2. The molecule has 0 aliphatic carbocycles. The fourth-order valence-electron chi connectivity index (χ4n) is 2.23. The predicted octanol–water partition coefficient (Wildman–Crippen LogP) is 3.35. The number of methoxy groups -OCH3 is 1. The van der Waals surface area contributed by atoms with Gasteiger partial charge in [-0.15, -0.1) is 0 Å². The molecule has 2 aromatic carbocycles. The van der Waals surface area contributed by atoms with Gasteiger partial charge < -0.3 is 19.9 Å². The Hall–Kier alpha value is -2.97. The topological polar surface area (TPSA) is 94.6 Å². The molecule has 1 atom stereocenters. The van der Waals surface area contributed by atoms with E-state index in [-0.39, 0.29) is 23.8 Å². The van der Waals surface area contributed by atoms with Crippen molar-refractivity contribution in [3.05, 3.63) is 35.9 Å². The van der Waals surface area contributed by atoms with Gasteiger partial charge in [-0.25, -0.2) is 4.79 Å². The number of fused-ring (bicyclic) bond motifs is 1. The minimum atomic E-state index is -5.12. The number of nitrogen functional groups attached to an aromatic ring is 1. The van der Waals surface area contributed by atoms with Crippen LogP contribution in [0.3, 0.4) is 0 Å². The minimum absolute atomic E-state index is 0.0201. The van der Waals surface area contributed by atoms with Crippen LogP contribution in [0.4, 0.5) is 13.2 Å². The molecule has 0 saturated heterocycles. The highest BCUT2D eigenvalue weighted by Gasteiger charge is 2.42. The van der Waals surface area contributed by atoms with Gasteiger partial charge in [-0.2, -0.15) is 13.2 Å². The van der Waals surface area contributed by atoms with E-state index in [1.807, 2.05) is 0 Å². The number of carbonyl (C=O) groups is 1. The van der Waals surface area contributed by atoms with Crippen LogP contribution in [0.15, 0.2) is 30.3 Å². The molecule has 2 rings (SSSR count). The molecule has 0 saturated carbocycles. The first-order valence-corrected chi connectivity index (χ1v) is 7.57. The number of alkyl halides is 3. The van der Waals surface area contributed by atoms with Crippen LogP contribution >= 0.6 is 0 Å². The molecule has 0 amide bonds. The number of benzene rings is 2. The Kier molecular flexibility index (Phi) is 5.59. The van der Waals surface area contributed by atoms with Crippen molar-refractivity contribution in [3.63, 3.8) is 0 Å². The Labute approximate surface area is 147 Å². The van der Waals surface area contributed by atoms with Gasteiger partial charge in [-0.3, -0.25) is 5.41 Å². The van der Waals surface area contributed by atoms with Crippen LogP contribution in [0.2, 0.25) is 0 Å². The number of esters is 1. The van der Waals surface area contributed by atoms with Crippen LogP contribution in [0.1, 0.15) is 18.9 Å². The number of hydrogen-bond acceptors (Lipinski definition) is 5. The van der Waals surface area contributed by atoms with Crippen molar-refractivity contribution < 1.29 is 32.2 Å². The molecule has 140 valence electrons.